The van der Waals surface area contributed by atoms with Crippen molar-refractivity contribution in [2.45, 2.75) is 87.3 Å². The minimum Gasteiger partial charge on any atom is -0.335 e. The van der Waals surface area contributed by atoms with Crippen LogP contribution in [0.25, 0.3) is 0 Å². The van der Waals surface area contributed by atoms with Gasteiger partial charge < -0.3 is 9.47 Å². The zero-order valence-electron chi connectivity index (χ0n) is 20.1. The molecule has 1 aliphatic carbocycles. The molecule has 4 heterocycles. The molecule has 8 atom stereocenters. The molecule has 0 N–H and O–H groups in total. The minimum absolute atomic E-state index is 0.00106. The molecule has 5 aliphatic rings. The Kier molecular flexibility index (Phi) is 6.93. The molecule has 0 unspecified atom stereocenters. The number of hydrogen-bond acceptors (Lipinski definition) is 7. The summed E-state index contributed by atoms with van der Waals surface area (Å²) in [5.74, 6) is 1.90. The van der Waals surface area contributed by atoms with Crippen LogP contribution < -0.4 is 0 Å². The van der Waals surface area contributed by atoms with Crippen molar-refractivity contribution < 1.29 is 24.0 Å². The van der Waals surface area contributed by atoms with Gasteiger partial charge in [0.1, 0.15) is 11.2 Å². The second kappa shape index (κ2) is 9.47. The van der Waals surface area contributed by atoms with Crippen LogP contribution in [0.4, 0.5) is 0 Å². The number of hydrogen-bond donors (Lipinski definition) is 0. The molecule has 33 heavy (non-hydrogen) atoms. The first-order chi connectivity index (χ1) is 15.8. The highest BCUT2D eigenvalue weighted by atomic mass is 32.2. The molecular weight excluding hydrogens is 456 g/mol. The highest BCUT2D eigenvalue weighted by Gasteiger charge is 2.69. The standard InChI is InChI=1S/C26H36O5S2/c1-16-8-9-22-17(2)23(28-24-26(22)21(16)10-12-25(3,29-24)30-31-26)33-13-11-19(27)14-18-6-5-7-20(15-18)32-4/h5-7,15-17,21-24H,8-14H2,1-4H3/t16-,17-,21+,22+,23+,24-,25+,26-/m1/s1. The summed E-state index contributed by atoms with van der Waals surface area (Å²) in [5.41, 5.74) is 0.581. The van der Waals surface area contributed by atoms with Crippen LogP contribution in [0.15, 0.2) is 29.2 Å². The lowest BCUT2D eigenvalue weighted by molar-refractivity contribution is -0.568. The van der Waals surface area contributed by atoms with E-state index in [0.717, 1.165) is 30.6 Å². The van der Waals surface area contributed by atoms with Gasteiger partial charge in [-0.2, -0.15) is 0 Å². The van der Waals surface area contributed by atoms with Gasteiger partial charge in [0.2, 0.25) is 5.79 Å². The van der Waals surface area contributed by atoms with Crippen LogP contribution in [0.2, 0.25) is 0 Å². The van der Waals surface area contributed by atoms with Gasteiger partial charge in [0.25, 0.3) is 0 Å². The Morgan fingerprint density at radius 2 is 2.00 bits per heavy atom. The predicted octanol–water partition coefficient (Wildman–Crippen LogP) is 5.85. The molecule has 182 valence electrons. The zero-order chi connectivity index (χ0) is 23.2. The largest absolute Gasteiger partial charge is 0.335 e. The Morgan fingerprint density at radius 1 is 1.15 bits per heavy atom. The molecule has 4 saturated heterocycles. The first kappa shape index (κ1) is 24.1. The smallest absolute Gasteiger partial charge is 0.201 e. The number of rotatable bonds is 7. The molecule has 1 saturated carbocycles. The Bertz CT molecular complexity index is 880. The number of carbonyl (C=O) groups is 1. The summed E-state index contributed by atoms with van der Waals surface area (Å²) in [6, 6.07) is 8.26. The summed E-state index contributed by atoms with van der Waals surface area (Å²) in [6.45, 7) is 6.58. The lowest BCUT2D eigenvalue weighted by Gasteiger charge is -2.60. The van der Waals surface area contributed by atoms with Crippen molar-refractivity contribution in [1.29, 1.82) is 0 Å². The van der Waals surface area contributed by atoms with Crippen molar-refractivity contribution >= 4 is 29.3 Å². The maximum absolute atomic E-state index is 12.6. The number of ether oxygens (including phenoxy) is 2. The monoisotopic (exact) mass is 492 g/mol. The molecular formula is C26H36O5S2. The van der Waals surface area contributed by atoms with Crippen LogP contribution >= 0.6 is 23.5 Å². The van der Waals surface area contributed by atoms with E-state index in [1.54, 1.807) is 23.5 Å². The van der Waals surface area contributed by atoms with Gasteiger partial charge in [-0.3, -0.25) is 4.79 Å². The van der Waals surface area contributed by atoms with E-state index in [1.807, 2.05) is 19.1 Å². The van der Waals surface area contributed by atoms with Crippen molar-refractivity contribution in [3.05, 3.63) is 29.8 Å². The minimum atomic E-state index is -0.741. The first-order valence-corrected chi connectivity index (χ1v) is 14.6. The second-order valence-corrected chi connectivity index (χ2v) is 12.5. The average Bonchev–Trinajstić information content (AvgIpc) is 3.03. The zero-order valence-corrected chi connectivity index (χ0v) is 21.7. The fourth-order valence-electron chi connectivity index (χ4n) is 6.45. The quantitative estimate of drug-likeness (QED) is 0.349. The van der Waals surface area contributed by atoms with Crippen molar-refractivity contribution in [2.75, 3.05) is 12.0 Å². The summed E-state index contributed by atoms with van der Waals surface area (Å²) in [5, 5.41) is 0. The molecule has 2 bridgehead atoms. The van der Waals surface area contributed by atoms with Gasteiger partial charge in [0, 0.05) is 35.8 Å². The van der Waals surface area contributed by atoms with E-state index in [0.29, 0.717) is 36.5 Å². The third kappa shape index (κ3) is 4.43. The molecule has 7 heteroatoms. The summed E-state index contributed by atoms with van der Waals surface area (Å²) in [4.78, 5) is 26.0. The number of benzene rings is 1. The van der Waals surface area contributed by atoms with Crippen LogP contribution in [0, 0.1) is 23.7 Å². The van der Waals surface area contributed by atoms with Gasteiger partial charge in [-0.05, 0) is 67.9 Å². The molecule has 0 amide bonds. The molecule has 5 fully saturated rings. The van der Waals surface area contributed by atoms with Crippen molar-refractivity contribution in [2.24, 2.45) is 23.7 Å². The Morgan fingerprint density at radius 3 is 2.82 bits per heavy atom. The van der Waals surface area contributed by atoms with Gasteiger partial charge in [0.15, 0.2) is 11.9 Å². The van der Waals surface area contributed by atoms with Crippen molar-refractivity contribution in [3.8, 4) is 0 Å². The molecule has 0 radical (unpaired) electrons. The van der Waals surface area contributed by atoms with E-state index in [2.05, 4.69) is 32.2 Å². The first-order valence-electron chi connectivity index (χ1n) is 12.3. The van der Waals surface area contributed by atoms with Crippen LogP contribution in [0.3, 0.4) is 0 Å². The second-order valence-electron chi connectivity index (χ2n) is 10.5. The molecule has 1 spiro atoms. The van der Waals surface area contributed by atoms with Gasteiger partial charge in [0.05, 0.1) is 0 Å². The molecule has 1 aromatic carbocycles. The Labute approximate surface area is 205 Å². The number of carbonyl (C=O) groups excluding carboxylic acids is 1. The van der Waals surface area contributed by atoms with E-state index in [4.69, 9.17) is 19.2 Å². The summed E-state index contributed by atoms with van der Waals surface area (Å²) >= 11 is 3.47. The number of thioether (sulfide) groups is 2. The molecule has 6 rings (SSSR count). The molecule has 5 nitrogen and oxygen atoms in total. The average molecular weight is 493 g/mol. The summed E-state index contributed by atoms with van der Waals surface area (Å²) in [7, 11) is 0. The maximum atomic E-state index is 12.6. The number of Topliss-reactive ketones (excluding diaryl/α,β-unsaturated/α-hetero) is 1. The summed E-state index contributed by atoms with van der Waals surface area (Å²) in [6.07, 6.45) is 6.89. The third-order valence-corrected chi connectivity index (χ3v) is 10.3. The Hall–Kier alpha value is -0.570. The SMILES string of the molecule is CSc1cccc(CC(=O)CCS[C@@H]2O[C@@H]3O[C@]4(C)CC[C@H]5[C@H](C)CC[C@@H]([C@H]2C)[C@@]35OO4)c1. The third-order valence-electron chi connectivity index (χ3n) is 8.30. The normalized spacial score (nSPS) is 41.9. The molecule has 1 aromatic rings. The molecule has 0 aromatic heterocycles. The van der Waals surface area contributed by atoms with Crippen LogP contribution in [0.1, 0.15) is 58.4 Å². The molecule has 4 aliphatic heterocycles. The van der Waals surface area contributed by atoms with Crippen molar-refractivity contribution in [1.82, 2.24) is 0 Å². The highest BCUT2D eigenvalue weighted by Crippen LogP contribution is 2.61. The van der Waals surface area contributed by atoms with Crippen LogP contribution in [-0.4, -0.2) is 40.9 Å². The van der Waals surface area contributed by atoms with E-state index in [1.165, 1.54) is 11.3 Å². The lowest BCUT2D eigenvalue weighted by Crippen LogP contribution is -2.70. The van der Waals surface area contributed by atoms with Gasteiger partial charge >= 0.3 is 0 Å². The topological polar surface area (TPSA) is 54.0 Å². The number of ketones is 1. The van der Waals surface area contributed by atoms with E-state index < -0.39 is 17.7 Å². The van der Waals surface area contributed by atoms with Crippen molar-refractivity contribution in [3.63, 3.8) is 0 Å². The van der Waals surface area contributed by atoms with E-state index >= 15 is 0 Å². The van der Waals surface area contributed by atoms with Crippen LogP contribution in [-0.2, 0) is 30.5 Å². The van der Waals surface area contributed by atoms with Gasteiger partial charge in [-0.25, -0.2) is 9.78 Å². The predicted molar refractivity (Wildman–Crippen MR) is 131 cm³/mol. The lowest BCUT2D eigenvalue weighted by atomic mass is 9.58. The van der Waals surface area contributed by atoms with E-state index in [9.17, 15) is 4.79 Å². The number of fused-ring (bicyclic) bond motifs is 2. The van der Waals surface area contributed by atoms with Gasteiger partial charge in [-0.1, -0.05) is 26.0 Å². The maximum Gasteiger partial charge on any atom is 0.201 e. The highest BCUT2D eigenvalue weighted by molar-refractivity contribution is 7.99. The van der Waals surface area contributed by atoms with Crippen LogP contribution in [0.5, 0.6) is 0 Å². The van der Waals surface area contributed by atoms with E-state index in [-0.39, 0.29) is 11.2 Å². The fraction of sp³-hybridized carbons (Fsp3) is 0.731. The fourth-order valence-corrected chi connectivity index (χ4v) is 8.18. The Balaban J connectivity index is 1.23. The van der Waals surface area contributed by atoms with Gasteiger partial charge in [-0.15, -0.1) is 23.5 Å². The summed E-state index contributed by atoms with van der Waals surface area (Å²) < 4.78 is 13.0.